The Morgan fingerprint density at radius 3 is 2.62 bits per heavy atom. The van der Waals surface area contributed by atoms with E-state index in [9.17, 15) is 0 Å². The van der Waals surface area contributed by atoms with Crippen molar-refractivity contribution in [3.63, 3.8) is 0 Å². The van der Waals surface area contributed by atoms with Crippen molar-refractivity contribution in [2.45, 2.75) is 6.92 Å². The second-order valence-corrected chi connectivity index (χ2v) is 4.37. The molecule has 1 heterocycles. The quantitative estimate of drug-likeness (QED) is 0.588. The molecule has 0 fully saturated rings. The van der Waals surface area contributed by atoms with E-state index in [0.29, 0.717) is 5.04 Å². The molecule has 1 aromatic heterocycles. The molecule has 1 aromatic rings. The third-order valence-corrected chi connectivity index (χ3v) is 2.81. The molecule has 0 atom stereocenters. The van der Waals surface area contributed by atoms with Crippen molar-refractivity contribution in [2.24, 2.45) is 0 Å². The highest BCUT2D eigenvalue weighted by Gasteiger charge is 2.01. The van der Waals surface area contributed by atoms with Crippen LogP contribution in [0.2, 0.25) is 0 Å². The molecule has 1 rings (SSSR count). The molecule has 0 aromatic carbocycles. The molecular weight excluding hydrogens is 202 g/mol. The standard InChI is InChI=1S/C8H9NS2.CH4O/c1-6(2)11-8(9)7-4-3-5-10-7;1-2/h3-5,9H,1H2,2H3;2H,1H3. The molecule has 0 amide bonds. The summed E-state index contributed by atoms with van der Waals surface area (Å²) in [6, 6.07) is 3.90. The minimum atomic E-state index is 0.590. The van der Waals surface area contributed by atoms with Crippen LogP contribution >= 0.6 is 23.1 Å². The van der Waals surface area contributed by atoms with Crippen molar-refractivity contribution in [1.82, 2.24) is 0 Å². The predicted octanol–water partition coefficient (Wildman–Crippen LogP) is 2.95. The van der Waals surface area contributed by atoms with Gasteiger partial charge in [-0.25, -0.2) is 0 Å². The lowest BCUT2D eigenvalue weighted by Gasteiger charge is -1.97. The van der Waals surface area contributed by atoms with Gasteiger partial charge in [0.15, 0.2) is 0 Å². The molecule has 2 nitrogen and oxygen atoms in total. The average Bonchev–Trinajstić information content (AvgIpc) is 2.58. The Balaban J connectivity index is 0.000000671. The summed E-state index contributed by atoms with van der Waals surface area (Å²) in [6.45, 7) is 5.64. The summed E-state index contributed by atoms with van der Waals surface area (Å²) < 4.78 is 0. The molecule has 0 unspecified atom stereocenters. The van der Waals surface area contributed by atoms with Gasteiger partial charge in [-0.2, -0.15) is 0 Å². The molecule has 0 aliphatic carbocycles. The lowest BCUT2D eigenvalue weighted by molar-refractivity contribution is 0.399. The second-order valence-electron chi connectivity index (χ2n) is 2.11. The number of thiophene rings is 1. The lowest BCUT2D eigenvalue weighted by Crippen LogP contribution is -1.86. The van der Waals surface area contributed by atoms with E-state index < -0.39 is 0 Å². The van der Waals surface area contributed by atoms with Gasteiger partial charge in [-0.05, 0) is 23.3 Å². The number of aliphatic hydroxyl groups excluding tert-OH is 1. The van der Waals surface area contributed by atoms with Crippen molar-refractivity contribution >= 4 is 28.1 Å². The maximum atomic E-state index is 7.59. The van der Waals surface area contributed by atoms with Crippen molar-refractivity contribution in [3.8, 4) is 0 Å². The van der Waals surface area contributed by atoms with E-state index in [2.05, 4.69) is 6.58 Å². The predicted molar refractivity (Wildman–Crippen MR) is 61.7 cm³/mol. The maximum Gasteiger partial charge on any atom is 0.109 e. The lowest BCUT2D eigenvalue weighted by atomic mass is 10.5. The van der Waals surface area contributed by atoms with Crippen LogP contribution in [0.1, 0.15) is 11.8 Å². The van der Waals surface area contributed by atoms with Gasteiger partial charge in [-0.1, -0.05) is 24.4 Å². The smallest absolute Gasteiger partial charge is 0.109 e. The van der Waals surface area contributed by atoms with Gasteiger partial charge in [0.2, 0.25) is 0 Å². The first-order chi connectivity index (χ1) is 6.20. The van der Waals surface area contributed by atoms with E-state index in [1.165, 1.54) is 11.8 Å². The summed E-state index contributed by atoms with van der Waals surface area (Å²) in [5.74, 6) is 0. The van der Waals surface area contributed by atoms with E-state index in [1.54, 1.807) is 11.3 Å². The van der Waals surface area contributed by atoms with E-state index in [-0.39, 0.29) is 0 Å². The number of aliphatic hydroxyl groups is 1. The molecule has 0 saturated heterocycles. The van der Waals surface area contributed by atoms with Crippen molar-refractivity contribution in [3.05, 3.63) is 33.9 Å². The highest BCUT2D eigenvalue weighted by atomic mass is 32.2. The Morgan fingerprint density at radius 1 is 1.62 bits per heavy atom. The highest BCUT2D eigenvalue weighted by molar-refractivity contribution is 8.17. The van der Waals surface area contributed by atoms with E-state index >= 15 is 0 Å². The number of hydrogen-bond acceptors (Lipinski definition) is 4. The monoisotopic (exact) mass is 215 g/mol. The van der Waals surface area contributed by atoms with Gasteiger partial charge < -0.3 is 5.11 Å². The van der Waals surface area contributed by atoms with Crippen LogP contribution in [0.3, 0.4) is 0 Å². The zero-order valence-corrected chi connectivity index (χ0v) is 9.34. The number of nitrogens with one attached hydrogen (secondary N) is 1. The van der Waals surface area contributed by atoms with Crippen LogP contribution in [-0.2, 0) is 0 Å². The second kappa shape index (κ2) is 6.88. The number of thioether (sulfide) groups is 1. The summed E-state index contributed by atoms with van der Waals surface area (Å²) in [4.78, 5) is 1.97. The van der Waals surface area contributed by atoms with Crippen LogP contribution in [0, 0.1) is 5.41 Å². The molecule has 0 bridgehead atoms. The van der Waals surface area contributed by atoms with Crippen LogP contribution in [-0.4, -0.2) is 17.3 Å². The number of rotatable bonds is 2. The minimum absolute atomic E-state index is 0.590. The van der Waals surface area contributed by atoms with Crippen molar-refractivity contribution in [1.29, 1.82) is 5.41 Å². The Kier molecular flexibility index (Phi) is 6.58. The maximum absolute atomic E-state index is 7.59. The summed E-state index contributed by atoms with van der Waals surface area (Å²) in [5.41, 5.74) is 0. The molecule has 4 heteroatoms. The van der Waals surface area contributed by atoms with E-state index in [1.807, 2.05) is 24.4 Å². The Hall–Kier alpha value is -0.580. The molecule has 0 aliphatic rings. The SMILES string of the molecule is C=C(C)SC(=N)c1cccs1.CO. The molecule has 0 saturated carbocycles. The van der Waals surface area contributed by atoms with Crippen LogP contribution in [0.15, 0.2) is 29.0 Å². The summed E-state index contributed by atoms with van der Waals surface area (Å²) in [6.07, 6.45) is 0. The first kappa shape index (κ1) is 12.4. The molecule has 0 spiro atoms. The number of hydrogen-bond donors (Lipinski definition) is 2. The van der Waals surface area contributed by atoms with Gasteiger partial charge in [0, 0.05) is 7.11 Å². The number of allylic oxidation sites excluding steroid dienone is 1. The van der Waals surface area contributed by atoms with Crippen molar-refractivity contribution in [2.75, 3.05) is 7.11 Å². The van der Waals surface area contributed by atoms with Gasteiger partial charge in [-0.3, -0.25) is 5.41 Å². The first-order valence-corrected chi connectivity index (χ1v) is 5.30. The summed E-state index contributed by atoms with van der Waals surface area (Å²) >= 11 is 3.00. The van der Waals surface area contributed by atoms with Gasteiger partial charge >= 0.3 is 0 Å². The van der Waals surface area contributed by atoms with Gasteiger partial charge in [-0.15, -0.1) is 11.3 Å². The third kappa shape index (κ3) is 4.87. The summed E-state index contributed by atoms with van der Waals surface area (Å²) in [7, 11) is 1.00. The fourth-order valence-corrected chi connectivity index (χ4v) is 1.99. The zero-order chi connectivity index (χ0) is 10.3. The molecule has 13 heavy (non-hydrogen) atoms. The molecule has 2 N–H and O–H groups in total. The minimum Gasteiger partial charge on any atom is -0.400 e. The van der Waals surface area contributed by atoms with Crippen LogP contribution in [0.25, 0.3) is 0 Å². The fraction of sp³-hybridized carbons (Fsp3) is 0.222. The Labute approximate surface area is 86.8 Å². The Bertz CT molecular complexity index is 267. The van der Waals surface area contributed by atoms with Gasteiger partial charge in [0.05, 0.1) is 4.88 Å². The van der Waals surface area contributed by atoms with Gasteiger partial charge in [0.25, 0.3) is 0 Å². The molecule has 72 valence electrons. The fourth-order valence-electron chi connectivity index (χ4n) is 0.632. The van der Waals surface area contributed by atoms with Crippen LogP contribution in [0.4, 0.5) is 0 Å². The topological polar surface area (TPSA) is 44.1 Å². The highest BCUT2D eigenvalue weighted by Crippen LogP contribution is 2.21. The van der Waals surface area contributed by atoms with E-state index in [0.717, 1.165) is 16.9 Å². The third-order valence-electron chi connectivity index (χ3n) is 1.02. The molecule has 0 aliphatic heterocycles. The average molecular weight is 215 g/mol. The Morgan fingerprint density at radius 2 is 2.23 bits per heavy atom. The van der Waals surface area contributed by atoms with Crippen molar-refractivity contribution < 1.29 is 5.11 Å². The first-order valence-electron chi connectivity index (χ1n) is 3.60. The molecule has 0 radical (unpaired) electrons. The normalized spacial score (nSPS) is 8.54. The zero-order valence-electron chi connectivity index (χ0n) is 7.70. The van der Waals surface area contributed by atoms with Crippen LogP contribution in [0.5, 0.6) is 0 Å². The van der Waals surface area contributed by atoms with E-state index in [4.69, 9.17) is 10.5 Å². The van der Waals surface area contributed by atoms with Crippen LogP contribution < -0.4 is 0 Å². The largest absolute Gasteiger partial charge is 0.400 e. The molecular formula is C9H13NOS2. The summed E-state index contributed by atoms with van der Waals surface area (Å²) in [5, 5.41) is 17.2. The van der Waals surface area contributed by atoms with Gasteiger partial charge in [0.1, 0.15) is 5.04 Å².